The van der Waals surface area contributed by atoms with Crippen LogP contribution in [0, 0.1) is 0 Å². The number of rotatable bonds is 3. The molecule has 0 radical (unpaired) electrons. The van der Waals surface area contributed by atoms with Crippen LogP contribution in [0.4, 0.5) is 5.69 Å². The molecule has 1 aliphatic carbocycles. The van der Waals surface area contributed by atoms with Gasteiger partial charge in [-0.2, -0.15) is 0 Å². The summed E-state index contributed by atoms with van der Waals surface area (Å²) in [6, 6.07) is 21.6. The molecule has 0 atom stereocenters. The third-order valence-corrected chi connectivity index (χ3v) is 5.85. The van der Waals surface area contributed by atoms with Crippen molar-refractivity contribution in [3.05, 3.63) is 105 Å². The summed E-state index contributed by atoms with van der Waals surface area (Å²) in [7, 11) is -3.32. The maximum absolute atomic E-state index is 11.5. The first kappa shape index (κ1) is 19.5. The van der Waals surface area contributed by atoms with Crippen LogP contribution in [-0.2, 0) is 22.9 Å². The zero-order chi connectivity index (χ0) is 20.4. The SMILES string of the molecule is CS(=O)(=O)Nc1cccc(C=C=C2c3ccccc3CCc3c(Cl)cccc32)c1. The Morgan fingerprint density at radius 1 is 0.966 bits per heavy atom. The average Bonchev–Trinajstić information content (AvgIpc) is 2.83. The van der Waals surface area contributed by atoms with Gasteiger partial charge in [0.25, 0.3) is 0 Å². The molecule has 4 rings (SSSR count). The lowest BCUT2D eigenvalue weighted by atomic mass is 9.94. The quantitative estimate of drug-likeness (QED) is 0.563. The third-order valence-electron chi connectivity index (χ3n) is 4.89. The summed E-state index contributed by atoms with van der Waals surface area (Å²) < 4.78 is 25.5. The lowest BCUT2D eigenvalue weighted by Crippen LogP contribution is -2.09. The number of nitrogens with one attached hydrogen (secondary N) is 1. The van der Waals surface area contributed by atoms with Crippen LogP contribution in [0.3, 0.4) is 0 Å². The van der Waals surface area contributed by atoms with Crippen molar-refractivity contribution in [2.75, 3.05) is 11.0 Å². The molecule has 146 valence electrons. The molecule has 0 aromatic heterocycles. The molecule has 0 saturated carbocycles. The van der Waals surface area contributed by atoms with Crippen LogP contribution in [-0.4, -0.2) is 14.7 Å². The molecule has 3 aromatic carbocycles. The highest BCUT2D eigenvalue weighted by molar-refractivity contribution is 7.92. The largest absolute Gasteiger partial charge is 0.284 e. The van der Waals surface area contributed by atoms with Gasteiger partial charge in [0, 0.05) is 16.3 Å². The number of anilines is 1. The molecule has 0 heterocycles. The Kier molecular flexibility index (Phi) is 5.33. The number of halogens is 1. The molecule has 29 heavy (non-hydrogen) atoms. The van der Waals surface area contributed by atoms with Gasteiger partial charge in [0.15, 0.2) is 0 Å². The monoisotopic (exact) mass is 421 g/mol. The average molecular weight is 422 g/mol. The number of hydrogen-bond acceptors (Lipinski definition) is 2. The predicted molar refractivity (Wildman–Crippen MR) is 121 cm³/mol. The molecule has 3 nitrogen and oxygen atoms in total. The first-order chi connectivity index (χ1) is 13.9. The number of aryl methyl sites for hydroxylation is 1. The van der Waals surface area contributed by atoms with Crippen LogP contribution in [0.25, 0.3) is 11.6 Å². The summed E-state index contributed by atoms with van der Waals surface area (Å²) in [6.45, 7) is 0. The molecule has 3 aromatic rings. The molecular formula is C24H20ClNO2S. The number of hydrogen-bond donors (Lipinski definition) is 1. The topological polar surface area (TPSA) is 46.2 Å². The van der Waals surface area contributed by atoms with Crippen LogP contribution in [0.2, 0.25) is 5.02 Å². The first-order valence-corrected chi connectivity index (χ1v) is 11.6. The second kappa shape index (κ2) is 7.92. The van der Waals surface area contributed by atoms with Crippen LogP contribution in [0.1, 0.15) is 27.8 Å². The Hall–Kier alpha value is -2.78. The highest BCUT2D eigenvalue weighted by Crippen LogP contribution is 2.36. The van der Waals surface area contributed by atoms with Crippen LogP contribution < -0.4 is 4.72 Å². The van der Waals surface area contributed by atoms with Gasteiger partial charge in [-0.05, 0) is 64.9 Å². The van der Waals surface area contributed by atoms with Gasteiger partial charge in [-0.25, -0.2) is 8.42 Å². The van der Waals surface area contributed by atoms with Gasteiger partial charge >= 0.3 is 0 Å². The van der Waals surface area contributed by atoms with E-state index in [-0.39, 0.29) is 0 Å². The molecule has 5 heteroatoms. The predicted octanol–water partition coefficient (Wildman–Crippen LogP) is 5.55. The van der Waals surface area contributed by atoms with E-state index in [9.17, 15) is 8.42 Å². The molecule has 1 N–H and O–H groups in total. The van der Waals surface area contributed by atoms with Crippen molar-refractivity contribution in [3.63, 3.8) is 0 Å². The van der Waals surface area contributed by atoms with Crippen LogP contribution in [0.15, 0.2) is 72.5 Å². The Balaban J connectivity index is 1.87. The van der Waals surface area contributed by atoms with Gasteiger partial charge in [0.1, 0.15) is 0 Å². The fourth-order valence-electron chi connectivity index (χ4n) is 3.65. The van der Waals surface area contributed by atoms with E-state index in [4.69, 9.17) is 11.6 Å². The molecule has 0 saturated heterocycles. The molecule has 0 aliphatic heterocycles. The van der Waals surface area contributed by atoms with Crippen molar-refractivity contribution >= 4 is 39.0 Å². The number of fused-ring (bicyclic) bond motifs is 2. The highest BCUT2D eigenvalue weighted by Gasteiger charge is 2.19. The fraction of sp³-hybridized carbons (Fsp3) is 0.125. The Bertz CT molecular complexity index is 1260. The molecular weight excluding hydrogens is 402 g/mol. The van der Waals surface area contributed by atoms with E-state index in [0.717, 1.165) is 51.9 Å². The normalized spacial score (nSPS) is 13.0. The summed E-state index contributed by atoms with van der Waals surface area (Å²) in [6.07, 6.45) is 4.83. The summed E-state index contributed by atoms with van der Waals surface area (Å²) in [4.78, 5) is 0. The second-order valence-electron chi connectivity index (χ2n) is 7.09. The van der Waals surface area contributed by atoms with Gasteiger partial charge in [0.2, 0.25) is 10.0 Å². The standard InChI is InChI=1S/C24H20ClNO2S/c1-29(27,28)26-19-8-4-6-17(16-19)12-14-22-20-9-3-2-7-18(20)13-15-23-21(22)10-5-11-24(23)25/h2-12,16,26H,13,15H2,1H3. The lowest BCUT2D eigenvalue weighted by Gasteiger charge is -2.10. The minimum absolute atomic E-state index is 0.526. The Morgan fingerprint density at radius 2 is 1.72 bits per heavy atom. The zero-order valence-corrected chi connectivity index (χ0v) is 17.5. The van der Waals surface area contributed by atoms with Crippen molar-refractivity contribution in [3.8, 4) is 0 Å². The van der Waals surface area contributed by atoms with Crippen molar-refractivity contribution in [2.45, 2.75) is 12.8 Å². The van der Waals surface area contributed by atoms with E-state index in [1.807, 2.05) is 36.4 Å². The maximum atomic E-state index is 11.5. The summed E-state index contributed by atoms with van der Waals surface area (Å²) in [5.41, 5.74) is 10.5. The van der Waals surface area contributed by atoms with Gasteiger partial charge < -0.3 is 0 Å². The van der Waals surface area contributed by atoms with E-state index in [1.54, 1.807) is 12.1 Å². The van der Waals surface area contributed by atoms with Crippen molar-refractivity contribution in [1.29, 1.82) is 0 Å². The summed E-state index contributed by atoms with van der Waals surface area (Å²) in [5, 5.41) is 0.772. The van der Waals surface area contributed by atoms with Gasteiger partial charge in [0.05, 0.1) is 6.26 Å². The summed E-state index contributed by atoms with van der Waals surface area (Å²) >= 11 is 6.51. The Morgan fingerprint density at radius 3 is 2.55 bits per heavy atom. The molecule has 0 amide bonds. The number of sulfonamides is 1. The fourth-order valence-corrected chi connectivity index (χ4v) is 4.48. The highest BCUT2D eigenvalue weighted by atomic mass is 35.5. The van der Waals surface area contributed by atoms with Crippen molar-refractivity contribution in [1.82, 2.24) is 0 Å². The van der Waals surface area contributed by atoms with Crippen molar-refractivity contribution in [2.24, 2.45) is 0 Å². The first-order valence-electron chi connectivity index (χ1n) is 9.31. The van der Waals surface area contributed by atoms with E-state index >= 15 is 0 Å². The maximum Gasteiger partial charge on any atom is 0.229 e. The summed E-state index contributed by atoms with van der Waals surface area (Å²) in [5.74, 6) is 0. The van der Waals surface area contributed by atoms with Gasteiger partial charge in [-0.3, -0.25) is 4.72 Å². The molecule has 0 spiro atoms. The van der Waals surface area contributed by atoms with Crippen molar-refractivity contribution < 1.29 is 8.42 Å². The lowest BCUT2D eigenvalue weighted by molar-refractivity contribution is 0.607. The van der Waals surface area contributed by atoms with E-state index in [0.29, 0.717) is 5.69 Å². The smallest absolute Gasteiger partial charge is 0.229 e. The molecule has 0 bridgehead atoms. The van der Waals surface area contributed by atoms with E-state index in [1.165, 1.54) is 5.56 Å². The molecule has 0 unspecified atom stereocenters. The Labute approximate surface area is 176 Å². The second-order valence-corrected chi connectivity index (χ2v) is 9.24. The zero-order valence-electron chi connectivity index (χ0n) is 15.9. The molecule has 1 aliphatic rings. The van der Waals surface area contributed by atoms with Gasteiger partial charge in [-0.15, -0.1) is 5.73 Å². The van der Waals surface area contributed by atoms with E-state index < -0.39 is 10.0 Å². The van der Waals surface area contributed by atoms with Crippen LogP contribution in [0.5, 0.6) is 0 Å². The van der Waals surface area contributed by atoms with Gasteiger partial charge in [-0.1, -0.05) is 60.1 Å². The minimum Gasteiger partial charge on any atom is -0.284 e. The minimum atomic E-state index is -3.32. The van der Waals surface area contributed by atoms with E-state index in [2.05, 4.69) is 34.7 Å². The third kappa shape index (κ3) is 4.46. The van der Waals surface area contributed by atoms with Crippen LogP contribution >= 0.6 is 11.6 Å². The molecule has 0 fully saturated rings. The number of benzene rings is 3.